The van der Waals surface area contributed by atoms with Gasteiger partial charge in [-0.1, -0.05) is 75.5 Å². The molecular weight excluding hydrogens is 296 g/mol. The summed E-state index contributed by atoms with van der Waals surface area (Å²) in [7, 11) is 1.91. The SMILES string of the molecule is C[C@H](C1CCCCC1)C(C(=O)c1nccn1C)C1C=CC=CC=C1. The molecule has 2 aliphatic rings. The van der Waals surface area contributed by atoms with Crippen LogP contribution >= 0.6 is 0 Å². The first-order valence-electron chi connectivity index (χ1n) is 9.21. The van der Waals surface area contributed by atoms with Gasteiger partial charge in [-0.15, -0.1) is 0 Å². The lowest BCUT2D eigenvalue weighted by Crippen LogP contribution is -2.34. The van der Waals surface area contributed by atoms with E-state index in [0.29, 0.717) is 17.7 Å². The largest absolute Gasteiger partial charge is 0.332 e. The average molecular weight is 324 g/mol. The van der Waals surface area contributed by atoms with Gasteiger partial charge in [-0.05, 0) is 11.8 Å². The van der Waals surface area contributed by atoms with Crippen LogP contribution in [0.25, 0.3) is 0 Å². The monoisotopic (exact) mass is 324 g/mol. The number of Topliss-reactive ketones (excluding diaryl/α,β-unsaturated/α-hetero) is 1. The highest BCUT2D eigenvalue weighted by Gasteiger charge is 2.37. The Morgan fingerprint density at radius 1 is 1.12 bits per heavy atom. The van der Waals surface area contributed by atoms with Crippen molar-refractivity contribution < 1.29 is 4.79 Å². The number of allylic oxidation sites excluding steroid dienone is 6. The van der Waals surface area contributed by atoms with E-state index < -0.39 is 0 Å². The van der Waals surface area contributed by atoms with Gasteiger partial charge in [0.05, 0.1) is 0 Å². The molecule has 1 aromatic rings. The van der Waals surface area contributed by atoms with Gasteiger partial charge < -0.3 is 4.57 Å². The summed E-state index contributed by atoms with van der Waals surface area (Å²) in [4.78, 5) is 17.7. The van der Waals surface area contributed by atoms with Gasteiger partial charge in [0.2, 0.25) is 5.78 Å². The van der Waals surface area contributed by atoms with Crippen LogP contribution in [-0.4, -0.2) is 15.3 Å². The normalized spacial score (nSPS) is 21.6. The molecule has 0 N–H and O–H groups in total. The van der Waals surface area contributed by atoms with Gasteiger partial charge in [-0.25, -0.2) is 4.98 Å². The van der Waals surface area contributed by atoms with E-state index in [1.807, 2.05) is 30.0 Å². The summed E-state index contributed by atoms with van der Waals surface area (Å²) in [6.07, 6.45) is 22.6. The molecule has 2 atom stereocenters. The molecule has 0 saturated heterocycles. The topological polar surface area (TPSA) is 34.9 Å². The van der Waals surface area contributed by atoms with Crippen molar-refractivity contribution >= 4 is 5.78 Å². The summed E-state index contributed by atoms with van der Waals surface area (Å²) in [5, 5.41) is 0. The van der Waals surface area contributed by atoms with E-state index in [4.69, 9.17) is 0 Å². The third-order valence-electron chi connectivity index (χ3n) is 5.72. The molecule has 3 rings (SSSR count). The molecule has 3 heteroatoms. The highest BCUT2D eigenvalue weighted by Crippen LogP contribution is 2.39. The predicted molar refractivity (Wildman–Crippen MR) is 97.7 cm³/mol. The second-order valence-electron chi connectivity index (χ2n) is 7.24. The van der Waals surface area contributed by atoms with Gasteiger partial charge in [-0.3, -0.25) is 4.79 Å². The second kappa shape index (κ2) is 7.78. The fourth-order valence-electron chi connectivity index (χ4n) is 4.29. The van der Waals surface area contributed by atoms with Gasteiger partial charge in [0, 0.05) is 31.3 Å². The number of aryl methyl sites for hydroxylation is 1. The molecule has 0 radical (unpaired) electrons. The highest BCUT2D eigenvalue weighted by molar-refractivity contribution is 5.95. The molecule has 0 spiro atoms. The smallest absolute Gasteiger partial charge is 0.202 e. The van der Waals surface area contributed by atoms with Crippen molar-refractivity contribution in [3.63, 3.8) is 0 Å². The Balaban J connectivity index is 1.90. The maximum Gasteiger partial charge on any atom is 0.202 e. The Morgan fingerprint density at radius 2 is 1.79 bits per heavy atom. The van der Waals surface area contributed by atoms with Crippen molar-refractivity contribution in [2.24, 2.45) is 30.7 Å². The van der Waals surface area contributed by atoms with Crippen LogP contribution in [0, 0.1) is 23.7 Å². The molecule has 0 aliphatic heterocycles. The van der Waals surface area contributed by atoms with E-state index in [1.165, 1.54) is 32.1 Å². The van der Waals surface area contributed by atoms with E-state index in [9.17, 15) is 4.79 Å². The van der Waals surface area contributed by atoms with Gasteiger partial charge in [0.25, 0.3) is 0 Å². The van der Waals surface area contributed by atoms with Crippen LogP contribution in [0.2, 0.25) is 0 Å². The Hall–Kier alpha value is -1.90. The first-order valence-corrected chi connectivity index (χ1v) is 9.21. The highest BCUT2D eigenvalue weighted by atomic mass is 16.1. The first kappa shape index (κ1) is 16.9. The van der Waals surface area contributed by atoms with Crippen molar-refractivity contribution in [3.05, 3.63) is 54.7 Å². The molecule has 2 aliphatic carbocycles. The third-order valence-corrected chi connectivity index (χ3v) is 5.72. The van der Waals surface area contributed by atoms with Gasteiger partial charge in [0.1, 0.15) is 0 Å². The lowest BCUT2D eigenvalue weighted by Gasteiger charge is -2.35. The summed E-state index contributed by atoms with van der Waals surface area (Å²) < 4.78 is 1.85. The molecule has 1 unspecified atom stereocenters. The van der Waals surface area contributed by atoms with Gasteiger partial charge in [-0.2, -0.15) is 0 Å². The van der Waals surface area contributed by atoms with Gasteiger partial charge >= 0.3 is 0 Å². The Bertz CT molecular complexity index is 631. The minimum absolute atomic E-state index is 0.0402. The lowest BCUT2D eigenvalue weighted by molar-refractivity contribution is 0.0771. The minimum atomic E-state index is -0.0402. The third kappa shape index (κ3) is 3.61. The van der Waals surface area contributed by atoms with Gasteiger partial charge in [0.15, 0.2) is 5.82 Å². The summed E-state index contributed by atoms with van der Waals surface area (Å²) in [6, 6.07) is 0. The van der Waals surface area contributed by atoms with E-state index in [1.54, 1.807) is 6.20 Å². The summed E-state index contributed by atoms with van der Waals surface area (Å²) in [6.45, 7) is 2.28. The van der Waals surface area contributed by atoms with Crippen molar-refractivity contribution in [1.82, 2.24) is 9.55 Å². The lowest BCUT2D eigenvalue weighted by atomic mass is 9.69. The molecule has 3 nitrogen and oxygen atoms in total. The number of carbonyl (C=O) groups excluding carboxylic acids is 1. The standard InChI is InChI=1S/C21H28N2O/c1-16(17-10-8-5-9-11-17)19(18-12-6-3-4-7-13-18)20(24)21-22-14-15-23(21)2/h3-4,6-7,12-19H,5,8-11H2,1-2H3/t16-,19?/m1/s1. The van der Waals surface area contributed by atoms with Crippen LogP contribution in [0.1, 0.15) is 49.6 Å². The van der Waals surface area contributed by atoms with Crippen molar-refractivity contribution in [2.45, 2.75) is 39.0 Å². The zero-order valence-corrected chi connectivity index (χ0v) is 14.8. The number of hydrogen-bond acceptors (Lipinski definition) is 2. The average Bonchev–Trinajstić information content (AvgIpc) is 2.86. The van der Waals surface area contributed by atoms with E-state index in [0.717, 1.165) is 0 Å². The Kier molecular flexibility index (Phi) is 5.49. The molecule has 0 aromatic carbocycles. The van der Waals surface area contributed by atoms with Crippen LogP contribution in [0.15, 0.2) is 48.8 Å². The fraction of sp³-hybridized carbons (Fsp3) is 0.524. The quantitative estimate of drug-likeness (QED) is 0.734. The maximum absolute atomic E-state index is 13.4. The number of hydrogen-bond donors (Lipinski definition) is 0. The molecule has 24 heavy (non-hydrogen) atoms. The molecular formula is C21H28N2O. The molecule has 1 heterocycles. The van der Waals surface area contributed by atoms with Crippen LogP contribution in [0.3, 0.4) is 0 Å². The molecule has 1 aromatic heterocycles. The number of rotatable bonds is 5. The zero-order chi connectivity index (χ0) is 16.9. The molecule has 1 saturated carbocycles. The Labute approximate surface area is 145 Å². The molecule has 1 fully saturated rings. The molecule has 128 valence electrons. The van der Waals surface area contributed by atoms with Crippen molar-refractivity contribution in [3.8, 4) is 0 Å². The minimum Gasteiger partial charge on any atom is -0.332 e. The Morgan fingerprint density at radius 3 is 2.38 bits per heavy atom. The second-order valence-corrected chi connectivity index (χ2v) is 7.24. The summed E-state index contributed by atoms with van der Waals surface area (Å²) in [5.41, 5.74) is 0. The van der Waals surface area contributed by atoms with Crippen LogP contribution in [0.4, 0.5) is 0 Å². The number of ketones is 1. The van der Waals surface area contributed by atoms with Crippen LogP contribution in [-0.2, 0) is 7.05 Å². The predicted octanol–water partition coefficient (Wildman–Crippen LogP) is 4.73. The van der Waals surface area contributed by atoms with Crippen LogP contribution < -0.4 is 0 Å². The zero-order valence-electron chi connectivity index (χ0n) is 14.8. The van der Waals surface area contributed by atoms with E-state index in [2.05, 4.69) is 36.2 Å². The molecule has 0 amide bonds. The number of carbonyl (C=O) groups is 1. The first-order chi connectivity index (χ1) is 11.7. The van der Waals surface area contributed by atoms with Crippen LogP contribution in [0.5, 0.6) is 0 Å². The maximum atomic E-state index is 13.4. The number of aromatic nitrogens is 2. The molecule has 0 bridgehead atoms. The summed E-state index contributed by atoms with van der Waals surface area (Å²) in [5.74, 6) is 1.88. The number of imidazole rings is 1. The van der Waals surface area contributed by atoms with Crippen molar-refractivity contribution in [2.75, 3.05) is 0 Å². The van der Waals surface area contributed by atoms with Crippen molar-refractivity contribution in [1.29, 1.82) is 0 Å². The van der Waals surface area contributed by atoms with E-state index >= 15 is 0 Å². The number of nitrogens with zero attached hydrogens (tertiary/aromatic N) is 2. The fourth-order valence-corrected chi connectivity index (χ4v) is 4.29. The van der Waals surface area contributed by atoms with E-state index in [-0.39, 0.29) is 17.6 Å². The summed E-state index contributed by atoms with van der Waals surface area (Å²) >= 11 is 0.